The summed E-state index contributed by atoms with van der Waals surface area (Å²) in [6, 6.07) is 8.28. The van der Waals surface area contributed by atoms with Crippen LogP contribution in [0.1, 0.15) is 25.0 Å². The number of aromatic hydroxyl groups is 4. The molecule has 2 rings (SSSR count). The molecule has 0 fully saturated rings. The summed E-state index contributed by atoms with van der Waals surface area (Å²) < 4.78 is 0. The number of phenolic OH excluding ortho intramolecular Hbond substituents is 4. The predicted molar refractivity (Wildman–Crippen MR) is 101 cm³/mol. The normalized spacial score (nSPS) is 12.9. The lowest BCUT2D eigenvalue weighted by Gasteiger charge is -2.08. The second-order valence-electron chi connectivity index (χ2n) is 6.15. The van der Waals surface area contributed by atoms with Crippen LogP contribution in [0.3, 0.4) is 0 Å². The second kappa shape index (κ2) is 8.23. The van der Waals surface area contributed by atoms with E-state index in [2.05, 4.69) is 0 Å². The first-order valence-corrected chi connectivity index (χ1v) is 8.17. The highest BCUT2D eigenvalue weighted by atomic mass is 16.3. The zero-order valence-electron chi connectivity index (χ0n) is 14.9. The second-order valence-corrected chi connectivity index (χ2v) is 6.15. The molecule has 2 aromatic carbocycles. The third-order valence-corrected chi connectivity index (χ3v) is 4.03. The van der Waals surface area contributed by atoms with E-state index in [0.29, 0.717) is 16.7 Å². The third kappa shape index (κ3) is 4.98. The lowest BCUT2D eigenvalue weighted by atomic mass is 9.94. The number of rotatable bonds is 6. The molecular formula is C21H20O6. The molecule has 4 N–H and O–H groups in total. The Morgan fingerprint density at radius 3 is 1.93 bits per heavy atom. The van der Waals surface area contributed by atoms with Crippen LogP contribution in [0.25, 0.3) is 12.2 Å². The molecule has 0 aliphatic heterocycles. The van der Waals surface area contributed by atoms with Gasteiger partial charge >= 0.3 is 0 Å². The first-order chi connectivity index (χ1) is 12.7. The average molecular weight is 368 g/mol. The molecule has 0 saturated heterocycles. The number of carbonyl (C=O) groups is 2. The van der Waals surface area contributed by atoms with E-state index in [1.807, 2.05) is 0 Å². The molecule has 1 atom stereocenters. The maximum absolute atomic E-state index is 12.4. The molecule has 2 aromatic rings. The van der Waals surface area contributed by atoms with Crippen molar-refractivity contribution in [3.63, 3.8) is 0 Å². The Morgan fingerprint density at radius 2 is 1.37 bits per heavy atom. The molecule has 0 bridgehead atoms. The smallest absolute Gasteiger partial charge is 0.169 e. The van der Waals surface area contributed by atoms with Gasteiger partial charge in [-0.05, 0) is 67.0 Å². The van der Waals surface area contributed by atoms with E-state index in [0.717, 1.165) is 0 Å². The van der Waals surface area contributed by atoms with Gasteiger partial charge in [0, 0.05) is 0 Å². The number of hydrogen-bond acceptors (Lipinski definition) is 6. The van der Waals surface area contributed by atoms with Gasteiger partial charge in [0.05, 0.1) is 5.92 Å². The zero-order chi connectivity index (χ0) is 20.1. The maximum atomic E-state index is 12.4. The summed E-state index contributed by atoms with van der Waals surface area (Å²) in [5.41, 5.74) is 1.35. The molecule has 6 heteroatoms. The van der Waals surface area contributed by atoms with E-state index in [4.69, 9.17) is 0 Å². The Morgan fingerprint density at radius 1 is 0.852 bits per heavy atom. The molecule has 0 spiro atoms. The molecule has 140 valence electrons. The Hall–Kier alpha value is -3.54. The monoisotopic (exact) mass is 368 g/mol. The Kier molecular flexibility index (Phi) is 6.03. The molecule has 0 aliphatic carbocycles. The lowest BCUT2D eigenvalue weighted by molar-refractivity contribution is -0.127. The summed E-state index contributed by atoms with van der Waals surface area (Å²) >= 11 is 0. The van der Waals surface area contributed by atoms with Crippen molar-refractivity contribution in [3.8, 4) is 23.0 Å². The Labute approximate surface area is 156 Å². The number of carbonyl (C=O) groups excluding carboxylic acids is 2. The summed E-state index contributed by atoms with van der Waals surface area (Å²) in [6.07, 6.45) is 4.21. The van der Waals surface area contributed by atoms with Gasteiger partial charge in [-0.25, -0.2) is 0 Å². The van der Waals surface area contributed by atoms with E-state index < -0.39 is 11.7 Å². The summed E-state index contributed by atoms with van der Waals surface area (Å²) in [5, 5.41) is 37.5. The minimum absolute atomic E-state index is 0.259. The Bertz CT molecular complexity index is 940. The van der Waals surface area contributed by atoms with Crippen molar-refractivity contribution in [2.45, 2.75) is 13.8 Å². The molecule has 0 saturated carbocycles. The Balaban J connectivity index is 2.11. The van der Waals surface area contributed by atoms with E-state index in [1.165, 1.54) is 61.5 Å². The van der Waals surface area contributed by atoms with Crippen LogP contribution in [0.2, 0.25) is 0 Å². The van der Waals surface area contributed by atoms with E-state index >= 15 is 0 Å². The van der Waals surface area contributed by atoms with Crippen LogP contribution in [0.15, 0.2) is 48.0 Å². The third-order valence-electron chi connectivity index (χ3n) is 4.03. The first kappa shape index (κ1) is 19.8. The lowest BCUT2D eigenvalue weighted by Crippen LogP contribution is -2.20. The number of hydrogen-bond donors (Lipinski definition) is 4. The molecule has 0 aromatic heterocycles. The molecule has 0 heterocycles. The molecular weight excluding hydrogens is 348 g/mol. The summed E-state index contributed by atoms with van der Waals surface area (Å²) in [6.45, 7) is 3.06. The average Bonchev–Trinajstić information content (AvgIpc) is 2.64. The van der Waals surface area contributed by atoms with Crippen LogP contribution in [0.5, 0.6) is 23.0 Å². The number of allylic oxidation sites excluding steroid dienone is 2. The molecule has 0 aliphatic rings. The maximum Gasteiger partial charge on any atom is 0.169 e. The fourth-order valence-electron chi connectivity index (χ4n) is 2.39. The van der Waals surface area contributed by atoms with Crippen molar-refractivity contribution in [2.24, 2.45) is 5.92 Å². The fraction of sp³-hybridized carbons (Fsp3) is 0.143. The molecule has 27 heavy (non-hydrogen) atoms. The number of Topliss-reactive ketones (excluding diaryl/α,β-unsaturated/α-hetero) is 1. The van der Waals surface area contributed by atoms with Gasteiger partial charge in [-0.2, -0.15) is 0 Å². The van der Waals surface area contributed by atoms with Gasteiger partial charge in [-0.15, -0.1) is 0 Å². The summed E-state index contributed by atoms with van der Waals surface area (Å²) in [7, 11) is 0. The van der Waals surface area contributed by atoms with Crippen molar-refractivity contribution in [2.75, 3.05) is 0 Å². The summed E-state index contributed by atoms with van der Waals surface area (Å²) in [4.78, 5) is 24.7. The zero-order valence-corrected chi connectivity index (χ0v) is 14.9. The van der Waals surface area contributed by atoms with Crippen molar-refractivity contribution in [1.82, 2.24) is 0 Å². The largest absolute Gasteiger partial charge is 0.504 e. The highest BCUT2D eigenvalue weighted by Crippen LogP contribution is 2.27. The minimum Gasteiger partial charge on any atom is -0.504 e. The fourth-order valence-corrected chi connectivity index (χ4v) is 2.39. The number of benzene rings is 2. The van der Waals surface area contributed by atoms with Crippen molar-refractivity contribution < 1.29 is 30.0 Å². The van der Waals surface area contributed by atoms with Gasteiger partial charge in [0.25, 0.3) is 0 Å². The molecule has 0 amide bonds. The van der Waals surface area contributed by atoms with Crippen molar-refractivity contribution in [1.29, 1.82) is 0 Å². The van der Waals surface area contributed by atoms with Crippen molar-refractivity contribution in [3.05, 3.63) is 59.2 Å². The van der Waals surface area contributed by atoms with Gasteiger partial charge in [-0.1, -0.05) is 18.2 Å². The van der Waals surface area contributed by atoms with Gasteiger partial charge in [0.2, 0.25) is 0 Å². The highest BCUT2D eigenvalue weighted by Gasteiger charge is 2.20. The number of ketones is 2. The standard InChI is InChI=1S/C21H20O6/c1-12(9-15-5-8-18(24)20(26)11-15)21(27)13(2)16(22)6-3-14-4-7-17(23)19(25)10-14/h3-11,13,23-26H,1-2H3/b6-3+,12-9+. The predicted octanol–water partition coefficient (Wildman–Crippen LogP) is 3.40. The van der Waals surface area contributed by atoms with E-state index in [9.17, 15) is 30.0 Å². The topological polar surface area (TPSA) is 115 Å². The molecule has 6 nitrogen and oxygen atoms in total. The van der Waals surface area contributed by atoms with Gasteiger partial charge in [0.15, 0.2) is 34.6 Å². The first-order valence-electron chi connectivity index (χ1n) is 8.17. The van der Waals surface area contributed by atoms with Gasteiger partial charge in [-0.3, -0.25) is 9.59 Å². The van der Waals surface area contributed by atoms with Crippen LogP contribution >= 0.6 is 0 Å². The SMILES string of the molecule is C/C(=C\c1ccc(O)c(O)c1)C(=O)C(C)C(=O)/C=C/c1ccc(O)c(O)c1. The van der Waals surface area contributed by atoms with Crippen LogP contribution in [0, 0.1) is 5.92 Å². The van der Waals surface area contributed by atoms with Gasteiger partial charge in [0.1, 0.15) is 0 Å². The number of phenols is 4. The molecule has 1 unspecified atom stereocenters. The van der Waals surface area contributed by atoms with E-state index in [-0.39, 0.29) is 28.8 Å². The molecule has 0 radical (unpaired) electrons. The minimum atomic E-state index is -0.908. The van der Waals surface area contributed by atoms with Crippen LogP contribution < -0.4 is 0 Å². The highest BCUT2D eigenvalue weighted by molar-refractivity contribution is 6.15. The van der Waals surface area contributed by atoms with Crippen LogP contribution in [-0.4, -0.2) is 32.0 Å². The van der Waals surface area contributed by atoms with Crippen molar-refractivity contribution >= 4 is 23.7 Å². The van der Waals surface area contributed by atoms with Crippen LogP contribution in [0.4, 0.5) is 0 Å². The van der Waals surface area contributed by atoms with Crippen LogP contribution in [-0.2, 0) is 9.59 Å². The summed E-state index contributed by atoms with van der Waals surface area (Å²) in [5.74, 6) is -2.81. The van der Waals surface area contributed by atoms with E-state index in [1.54, 1.807) is 6.92 Å². The van der Waals surface area contributed by atoms with Gasteiger partial charge < -0.3 is 20.4 Å². The quantitative estimate of drug-likeness (QED) is 0.353.